The summed E-state index contributed by atoms with van der Waals surface area (Å²) in [6.07, 6.45) is 1.86. The Morgan fingerprint density at radius 3 is 2.37 bits per heavy atom. The molecule has 1 unspecified atom stereocenters. The van der Waals surface area contributed by atoms with Gasteiger partial charge in [0.1, 0.15) is 6.04 Å². The molecule has 4 rings (SSSR count). The van der Waals surface area contributed by atoms with Gasteiger partial charge in [-0.05, 0) is 36.8 Å². The Labute approximate surface area is 156 Å². The normalized spacial score (nSPS) is 14.5. The predicted octanol–water partition coefficient (Wildman–Crippen LogP) is 2.81. The first kappa shape index (κ1) is 17.0. The SMILES string of the molecule is CC(C(=O)N(C)Cc1cccc2[nH]ccc12)N1C(=O)c2ccccc2C1=O. The molecule has 2 aromatic carbocycles. The van der Waals surface area contributed by atoms with E-state index in [1.165, 1.54) is 0 Å². The average molecular weight is 361 g/mol. The molecule has 1 aliphatic heterocycles. The minimum Gasteiger partial charge on any atom is -0.361 e. The summed E-state index contributed by atoms with van der Waals surface area (Å²) in [5.41, 5.74) is 2.70. The first-order valence-corrected chi connectivity index (χ1v) is 8.76. The van der Waals surface area contributed by atoms with Crippen molar-refractivity contribution in [3.05, 3.63) is 71.4 Å². The van der Waals surface area contributed by atoms with Crippen molar-refractivity contribution in [3.63, 3.8) is 0 Å². The van der Waals surface area contributed by atoms with Gasteiger partial charge in [0.15, 0.2) is 0 Å². The van der Waals surface area contributed by atoms with Gasteiger partial charge in [0.05, 0.1) is 11.1 Å². The van der Waals surface area contributed by atoms with E-state index in [-0.39, 0.29) is 5.91 Å². The number of hydrogen-bond donors (Lipinski definition) is 1. The molecule has 0 radical (unpaired) electrons. The zero-order valence-electron chi connectivity index (χ0n) is 15.1. The van der Waals surface area contributed by atoms with Crippen molar-refractivity contribution in [1.82, 2.24) is 14.8 Å². The lowest BCUT2D eigenvalue weighted by atomic mass is 10.1. The Bertz CT molecular complexity index is 1030. The predicted molar refractivity (Wildman–Crippen MR) is 101 cm³/mol. The number of amides is 3. The van der Waals surface area contributed by atoms with E-state index in [0.717, 1.165) is 21.4 Å². The van der Waals surface area contributed by atoms with E-state index in [1.54, 1.807) is 43.1 Å². The second kappa shape index (κ2) is 6.39. The molecule has 1 aliphatic rings. The van der Waals surface area contributed by atoms with E-state index >= 15 is 0 Å². The summed E-state index contributed by atoms with van der Waals surface area (Å²) in [4.78, 5) is 43.9. The van der Waals surface area contributed by atoms with E-state index in [4.69, 9.17) is 0 Å². The number of benzene rings is 2. The molecule has 1 N–H and O–H groups in total. The maximum atomic E-state index is 12.9. The number of H-pyrrole nitrogens is 1. The fourth-order valence-corrected chi connectivity index (χ4v) is 3.61. The number of nitrogens with zero attached hydrogens (tertiary/aromatic N) is 2. The van der Waals surface area contributed by atoms with Gasteiger partial charge in [-0.25, -0.2) is 0 Å². The topological polar surface area (TPSA) is 73.5 Å². The number of carbonyl (C=O) groups excluding carboxylic acids is 3. The van der Waals surface area contributed by atoms with Gasteiger partial charge < -0.3 is 9.88 Å². The van der Waals surface area contributed by atoms with Gasteiger partial charge in [0.2, 0.25) is 5.91 Å². The molecule has 0 fully saturated rings. The second-order valence-corrected chi connectivity index (χ2v) is 6.75. The van der Waals surface area contributed by atoms with Crippen LogP contribution < -0.4 is 0 Å². The third-order valence-corrected chi connectivity index (χ3v) is 5.04. The number of aromatic amines is 1. The van der Waals surface area contributed by atoms with Crippen LogP contribution in [-0.2, 0) is 11.3 Å². The monoisotopic (exact) mass is 361 g/mol. The van der Waals surface area contributed by atoms with Gasteiger partial charge in [-0.1, -0.05) is 24.3 Å². The molecule has 0 spiro atoms. The summed E-state index contributed by atoms with van der Waals surface area (Å²) < 4.78 is 0. The first-order valence-electron chi connectivity index (χ1n) is 8.76. The lowest BCUT2D eigenvalue weighted by Crippen LogP contribution is -2.48. The quantitative estimate of drug-likeness (QED) is 0.726. The van der Waals surface area contributed by atoms with E-state index < -0.39 is 17.9 Å². The van der Waals surface area contributed by atoms with Crippen LogP contribution in [0, 0.1) is 0 Å². The van der Waals surface area contributed by atoms with Gasteiger partial charge in [0, 0.05) is 30.7 Å². The highest BCUT2D eigenvalue weighted by Crippen LogP contribution is 2.25. The summed E-state index contributed by atoms with van der Waals surface area (Å²) in [6.45, 7) is 1.99. The van der Waals surface area contributed by atoms with Crippen molar-refractivity contribution in [1.29, 1.82) is 0 Å². The molecule has 0 saturated carbocycles. The molecular weight excluding hydrogens is 342 g/mol. The van der Waals surface area contributed by atoms with E-state index in [1.807, 2.05) is 30.5 Å². The van der Waals surface area contributed by atoms with E-state index in [0.29, 0.717) is 17.7 Å². The first-order chi connectivity index (χ1) is 13.0. The van der Waals surface area contributed by atoms with Crippen LogP contribution in [0.4, 0.5) is 0 Å². The van der Waals surface area contributed by atoms with Crippen molar-refractivity contribution >= 4 is 28.6 Å². The van der Waals surface area contributed by atoms with Crippen molar-refractivity contribution in [2.45, 2.75) is 19.5 Å². The lowest BCUT2D eigenvalue weighted by molar-refractivity contribution is -0.134. The van der Waals surface area contributed by atoms with Crippen molar-refractivity contribution in [2.75, 3.05) is 7.05 Å². The molecule has 0 bridgehead atoms. The molecule has 136 valence electrons. The second-order valence-electron chi connectivity index (χ2n) is 6.75. The number of hydrogen-bond acceptors (Lipinski definition) is 3. The van der Waals surface area contributed by atoms with Crippen LogP contribution >= 0.6 is 0 Å². The van der Waals surface area contributed by atoms with Crippen molar-refractivity contribution in [2.24, 2.45) is 0 Å². The summed E-state index contributed by atoms with van der Waals surface area (Å²) in [7, 11) is 1.68. The van der Waals surface area contributed by atoms with E-state index in [2.05, 4.69) is 4.98 Å². The van der Waals surface area contributed by atoms with Gasteiger partial charge >= 0.3 is 0 Å². The molecule has 6 nitrogen and oxygen atoms in total. The Kier molecular flexibility index (Phi) is 4.03. The smallest absolute Gasteiger partial charge is 0.262 e. The highest BCUT2D eigenvalue weighted by Gasteiger charge is 2.41. The molecular formula is C21H19N3O3. The molecule has 3 aromatic rings. The molecule has 27 heavy (non-hydrogen) atoms. The van der Waals surface area contributed by atoms with Crippen LogP contribution in [-0.4, -0.2) is 45.6 Å². The molecule has 2 heterocycles. The van der Waals surface area contributed by atoms with Crippen LogP contribution in [0.2, 0.25) is 0 Å². The highest BCUT2D eigenvalue weighted by molar-refractivity contribution is 6.22. The third-order valence-electron chi connectivity index (χ3n) is 5.04. The van der Waals surface area contributed by atoms with Crippen LogP contribution in [0.3, 0.4) is 0 Å². The molecule has 0 aliphatic carbocycles. The number of fused-ring (bicyclic) bond motifs is 2. The largest absolute Gasteiger partial charge is 0.361 e. The van der Waals surface area contributed by atoms with Crippen LogP contribution in [0.15, 0.2) is 54.7 Å². The van der Waals surface area contributed by atoms with Crippen LogP contribution in [0.25, 0.3) is 10.9 Å². The van der Waals surface area contributed by atoms with E-state index in [9.17, 15) is 14.4 Å². The fraction of sp³-hybridized carbons (Fsp3) is 0.190. The fourth-order valence-electron chi connectivity index (χ4n) is 3.61. The highest BCUT2D eigenvalue weighted by atomic mass is 16.2. The standard InChI is InChI=1S/C21H19N3O3/c1-13(24-20(26)16-7-3-4-8-17(16)21(24)27)19(25)23(2)12-14-6-5-9-18-15(14)10-11-22-18/h3-11,13,22H,12H2,1-2H3. The Morgan fingerprint density at radius 1 is 1.04 bits per heavy atom. The lowest BCUT2D eigenvalue weighted by Gasteiger charge is -2.27. The average Bonchev–Trinajstić information content (AvgIpc) is 3.25. The minimum absolute atomic E-state index is 0.281. The zero-order chi connectivity index (χ0) is 19.1. The Morgan fingerprint density at radius 2 is 1.70 bits per heavy atom. The number of likely N-dealkylation sites (N-methyl/N-ethyl adjacent to an activating group) is 1. The Balaban J connectivity index is 1.55. The van der Waals surface area contributed by atoms with Crippen molar-refractivity contribution in [3.8, 4) is 0 Å². The molecule has 1 atom stereocenters. The van der Waals surface area contributed by atoms with Crippen LogP contribution in [0.1, 0.15) is 33.2 Å². The summed E-state index contributed by atoms with van der Waals surface area (Å²) in [6, 6.07) is 13.6. The maximum Gasteiger partial charge on any atom is 0.262 e. The van der Waals surface area contributed by atoms with Gasteiger partial charge in [-0.2, -0.15) is 0 Å². The van der Waals surface area contributed by atoms with Gasteiger partial charge in [-0.15, -0.1) is 0 Å². The molecule has 0 saturated heterocycles. The third kappa shape index (κ3) is 2.70. The maximum absolute atomic E-state index is 12.9. The number of aromatic nitrogens is 1. The number of carbonyl (C=O) groups is 3. The Hall–Kier alpha value is -3.41. The summed E-state index contributed by atoms with van der Waals surface area (Å²) >= 11 is 0. The summed E-state index contributed by atoms with van der Waals surface area (Å²) in [5.74, 6) is -1.12. The number of nitrogens with one attached hydrogen (secondary N) is 1. The number of rotatable bonds is 4. The van der Waals surface area contributed by atoms with Gasteiger partial charge in [0.25, 0.3) is 11.8 Å². The molecule has 1 aromatic heterocycles. The zero-order valence-corrected chi connectivity index (χ0v) is 15.1. The minimum atomic E-state index is -0.868. The summed E-state index contributed by atoms with van der Waals surface area (Å²) in [5, 5.41) is 1.05. The number of imide groups is 1. The van der Waals surface area contributed by atoms with Crippen molar-refractivity contribution < 1.29 is 14.4 Å². The molecule has 3 amide bonds. The van der Waals surface area contributed by atoms with Gasteiger partial charge in [-0.3, -0.25) is 19.3 Å². The van der Waals surface area contributed by atoms with Crippen LogP contribution in [0.5, 0.6) is 0 Å². The molecule has 6 heteroatoms.